The molecule has 1 atom stereocenters. The van der Waals surface area contributed by atoms with Gasteiger partial charge in [-0.05, 0) is 41.7 Å². The van der Waals surface area contributed by atoms with Gasteiger partial charge in [0.15, 0.2) is 6.61 Å². The summed E-state index contributed by atoms with van der Waals surface area (Å²) in [6.07, 6.45) is 1.03. The van der Waals surface area contributed by atoms with Gasteiger partial charge in [-0.3, -0.25) is 4.79 Å². The number of nitrogens with two attached hydrogens (primary N) is 1. The van der Waals surface area contributed by atoms with Crippen LogP contribution >= 0.6 is 12.4 Å². The Morgan fingerprint density at radius 3 is 2.46 bits per heavy atom. The monoisotopic (exact) mass is 348 g/mol. The van der Waals surface area contributed by atoms with Gasteiger partial charge in [0.05, 0.1) is 0 Å². The molecular weight excluding hydrogens is 324 g/mol. The highest BCUT2D eigenvalue weighted by molar-refractivity contribution is 5.91. The van der Waals surface area contributed by atoms with E-state index in [1.54, 1.807) is 0 Å². The number of hydrogen-bond donors (Lipinski definition) is 2. The fourth-order valence-corrected chi connectivity index (χ4v) is 2.30. The topological polar surface area (TPSA) is 64.3 Å². The summed E-state index contributed by atoms with van der Waals surface area (Å²) in [5, 5.41) is 2.82. The minimum absolute atomic E-state index is 0. The summed E-state index contributed by atoms with van der Waals surface area (Å²) >= 11 is 0. The van der Waals surface area contributed by atoms with E-state index in [1.807, 2.05) is 48.5 Å². The summed E-state index contributed by atoms with van der Waals surface area (Å²) in [5.74, 6) is 0.998. The fourth-order valence-electron chi connectivity index (χ4n) is 2.30. The van der Waals surface area contributed by atoms with Crippen LogP contribution in [-0.2, 0) is 11.3 Å². The van der Waals surface area contributed by atoms with Crippen molar-refractivity contribution in [1.82, 2.24) is 0 Å². The Hall–Kier alpha value is -2.04. The third-order valence-corrected chi connectivity index (χ3v) is 3.89. The Bertz CT molecular complexity index is 644. The number of carbonyl (C=O) groups is 1. The molecule has 0 saturated heterocycles. The summed E-state index contributed by atoms with van der Waals surface area (Å²) in [4.78, 5) is 12.0. The van der Waals surface area contributed by atoms with Gasteiger partial charge in [0, 0.05) is 12.2 Å². The van der Waals surface area contributed by atoms with Crippen molar-refractivity contribution in [3.05, 3.63) is 59.7 Å². The molecule has 0 bridgehead atoms. The third kappa shape index (κ3) is 5.55. The van der Waals surface area contributed by atoms with E-state index >= 15 is 0 Å². The lowest BCUT2D eigenvalue weighted by Gasteiger charge is -2.15. The van der Waals surface area contributed by atoms with E-state index in [0.717, 1.165) is 29.0 Å². The summed E-state index contributed by atoms with van der Waals surface area (Å²) in [5.41, 5.74) is 8.46. The summed E-state index contributed by atoms with van der Waals surface area (Å²) in [7, 11) is 0. The quantitative estimate of drug-likeness (QED) is 0.791. The molecule has 0 radical (unpaired) electrons. The number of rotatable bonds is 7. The number of nitrogens with one attached hydrogen (secondary N) is 1. The zero-order chi connectivity index (χ0) is 16.7. The molecule has 3 N–H and O–H groups in total. The van der Waals surface area contributed by atoms with Crippen LogP contribution < -0.4 is 15.8 Å². The lowest BCUT2D eigenvalue weighted by molar-refractivity contribution is -0.118. The molecule has 0 spiro atoms. The minimum Gasteiger partial charge on any atom is -0.483 e. The molecule has 0 aliphatic heterocycles. The molecule has 2 aromatic rings. The minimum atomic E-state index is -0.176. The average molecular weight is 349 g/mol. The van der Waals surface area contributed by atoms with Crippen LogP contribution in [0.2, 0.25) is 0 Å². The number of anilines is 1. The van der Waals surface area contributed by atoms with Crippen LogP contribution in [0.15, 0.2) is 48.5 Å². The van der Waals surface area contributed by atoms with Crippen molar-refractivity contribution >= 4 is 24.0 Å². The van der Waals surface area contributed by atoms with Gasteiger partial charge in [-0.15, -0.1) is 12.4 Å². The summed E-state index contributed by atoms with van der Waals surface area (Å²) < 4.78 is 5.71. The first-order valence-electron chi connectivity index (χ1n) is 7.94. The number of para-hydroxylation sites is 1. The average Bonchev–Trinajstić information content (AvgIpc) is 2.60. The zero-order valence-electron chi connectivity index (χ0n) is 14.1. The first-order valence-corrected chi connectivity index (χ1v) is 7.94. The molecule has 2 rings (SSSR count). The highest BCUT2D eigenvalue weighted by Gasteiger charge is 2.11. The highest BCUT2D eigenvalue weighted by atomic mass is 35.5. The van der Waals surface area contributed by atoms with Crippen LogP contribution in [0, 0.1) is 0 Å². The molecule has 1 unspecified atom stereocenters. The molecule has 0 fully saturated rings. The predicted octanol–water partition coefficient (Wildman–Crippen LogP) is 4.10. The van der Waals surface area contributed by atoms with E-state index in [-0.39, 0.29) is 24.9 Å². The normalized spacial score (nSPS) is 11.3. The predicted molar refractivity (Wildman–Crippen MR) is 101 cm³/mol. The maximum absolute atomic E-state index is 12.0. The molecule has 1 amide bonds. The molecule has 0 aliphatic rings. The van der Waals surface area contributed by atoms with Crippen molar-refractivity contribution in [3.8, 4) is 5.75 Å². The molecule has 24 heavy (non-hydrogen) atoms. The number of carbonyl (C=O) groups excluding carboxylic acids is 1. The Balaban J connectivity index is 0.00000288. The lowest BCUT2D eigenvalue weighted by atomic mass is 9.98. The molecular formula is C19H25ClN2O2. The van der Waals surface area contributed by atoms with Gasteiger partial charge in [0.1, 0.15) is 5.75 Å². The Morgan fingerprint density at radius 1 is 1.17 bits per heavy atom. The standard InChI is InChI=1S/C19H24N2O2.ClH/c1-3-14(2)17-6-4-5-7-18(17)23-13-19(22)21-16-10-8-15(12-20)9-11-16;/h4-11,14H,3,12-13,20H2,1-2H3,(H,21,22);1H. The number of ether oxygens (including phenoxy) is 1. The van der Waals surface area contributed by atoms with Crippen molar-refractivity contribution in [2.45, 2.75) is 32.7 Å². The van der Waals surface area contributed by atoms with Gasteiger partial charge < -0.3 is 15.8 Å². The van der Waals surface area contributed by atoms with Crippen LogP contribution in [0.25, 0.3) is 0 Å². The van der Waals surface area contributed by atoms with Crippen molar-refractivity contribution in [2.75, 3.05) is 11.9 Å². The molecule has 2 aromatic carbocycles. The van der Waals surface area contributed by atoms with E-state index < -0.39 is 0 Å². The Morgan fingerprint density at radius 2 is 1.83 bits per heavy atom. The Kier molecular flexibility index (Phi) is 8.30. The van der Waals surface area contributed by atoms with Crippen LogP contribution in [0.5, 0.6) is 5.75 Å². The zero-order valence-corrected chi connectivity index (χ0v) is 14.9. The number of hydrogen-bond acceptors (Lipinski definition) is 3. The van der Waals surface area contributed by atoms with Gasteiger partial charge in [-0.1, -0.05) is 44.2 Å². The maximum Gasteiger partial charge on any atom is 0.262 e. The molecule has 0 saturated carbocycles. The van der Waals surface area contributed by atoms with E-state index in [2.05, 4.69) is 19.2 Å². The summed E-state index contributed by atoms with van der Waals surface area (Å²) in [6, 6.07) is 15.3. The molecule has 5 heteroatoms. The maximum atomic E-state index is 12.0. The molecule has 4 nitrogen and oxygen atoms in total. The van der Waals surface area contributed by atoms with Crippen LogP contribution in [0.3, 0.4) is 0 Å². The van der Waals surface area contributed by atoms with Crippen molar-refractivity contribution < 1.29 is 9.53 Å². The van der Waals surface area contributed by atoms with Gasteiger partial charge in [0.2, 0.25) is 0 Å². The SMILES string of the molecule is CCC(C)c1ccccc1OCC(=O)Nc1ccc(CN)cc1.Cl. The first kappa shape index (κ1) is 20.0. The second-order valence-electron chi connectivity index (χ2n) is 5.59. The van der Waals surface area contributed by atoms with Crippen molar-refractivity contribution in [1.29, 1.82) is 0 Å². The molecule has 0 aromatic heterocycles. The van der Waals surface area contributed by atoms with Gasteiger partial charge in [-0.25, -0.2) is 0 Å². The highest BCUT2D eigenvalue weighted by Crippen LogP contribution is 2.28. The van der Waals surface area contributed by atoms with E-state index in [9.17, 15) is 4.79 Å². The first-order chi connectivity index (χ1) is 11.1. The Labute approximate surface area is 149 Å². The van der Waals surface area contributed by atoms with Gasteiger partial charge in [-0.2, -0.15) is 0 Å². The smallest absolute Gasteiger partial charge is 0.262 e. The van der Waals surface area contributed by atoms with Crippen LogP contribution in [0.4, 0.5) is 5.69 Å². The largest absolute Gasteiger partial charge is 0.483 e. The van der Waals surface area contributed by atoms with E-state index in [1.165, 1.54) is 0 Å². The number of benzene rings is 2. The van der Waals surface area contributed by atoms with Crippen LogP contribution in [0.1, 0.15) is 37.3 Å². The van der Waals surface area contributed by atoms with Gasteiger partial charge in [0.25, 0.3) is 5.91 Å². The van der Waals surface area contributed by atoms with E-state index in [4.69, 9.17) is 10.5 Å². The molecule has 130 valence electrons. The second-order valence-corrected chi connectivity index (χ2v) is 5.59. The number of amides is 1. The van der Waals surface area contributed by atoms with Crippen LogP contribution in [-0.4, -0.2) is 12.5 Å². The van der Waals surface area contributed by atoms with Crippen molar-refractivity contribution in [3.63, 3.8) is 0 Å². The lowest BCUT2D eigenvalue weighted by Crippen LogP contribution is -2.20. The van der Waals surface area contributed by atoms with E-state index in [0.29, 0.717) is 12.5 Å². The van der Waals surface area contributed by atoms with Crippen molar-refractivity contribution in [2.24, 2.45) is 5.73 Å². The number of halogens is 1. The second kappa shape index (κ2) is 9.96. The van der Waals surface area contributed by atoms with Gasteiger partial charge >= 0.3 is 0 Å². The molecule has 0 heterocycles. The fraction of sp³-hybridized carbons (Fsp3) is 0.316. The summed E-state index contributed by atoms with van der Waals surface area (Å²) in [6.45, 7) is 4.77. The molecule has 0 aliphatic carbocycles. The third-order valence-electron chi connectivity index (χ3n) is 3.89.